The smallest absolute Gasteiger partial charge is 0.294 e. The number of fused-ring (bicyclic) bond motifs is 1. The first-order chi connectivity index (χ1) is 16.4. The van der Waals surface area contributed by atoms with Crippen molar-refractivity contribution in [2.24, 2.45) is 0 Å². The number of hydrazine groups is 1. The lowest BCUT2D eigenvalue weighted by molar-refractivity contribution is -0.384. The number of aryl methyl sites for hydroxylation is 1. The zero-order chi connectivity index (χ0) is 24.1. The van der Waals surface area contributed by atoms with E-state index in [2.05, 4.69) is 15.8 Å². The van der Waals surface area contributed by atoms with Gasteiger partial charge in [-0.2, -0.15) is 0 Å². The third-order valence-electron chi connectivity index (χ3n) is 5.19. The van der Waals surface area contributed by atoms with Crippen molar-refractivity contribution in [3.05, 3.63) is 110 Å². The molecule has 4 rings (SSSR count). The Morgan fingerprint density at radius 1 is 1.06 bits per heavy atom. The molecule has 0 unspecified atom stereocenters. The number of benzene rings is 3. The van der Waals surface area contributed by atoms with Crippen molar-refractivity contribution in [1.29, 1.82) is 0 Å². The Bertz CT molecular complexity index is 1420. The second-order valence-electron chi connectivity index (χ2n) is 7.52. The highest BCUT2D eigenvalue weighted by Crippen LogP contribution is 2.22. The molecule has 9 nitrogen and oxygen atoms in total. The molecule has 4 aromatic rings. The summed E-state index contributed by atoms with van der Waals surface area (Å²) in [4.78, 5) is 40.6. The summed E-state index contributed by atoms with van der Waals surface area (Å²) in [5.41, 5.74) is 7.07. The SMILES string of the molecule is O=C(CCc1nc2cc(Cl)ccc2n(Cc2ccccc2)c1=O)NNc1ccccc1[N+](=O)[O-]. The first kappa shape index (κ1) is 22.9. The fourth-order valence-corrected chi connectivity index (χ4v) is 3.69. The number of nitrogens with one attached hydrogen (secondary N) is 2. The molecule has 0 radical (unpaired) electrons. The summed E-state index contributed by atoms with van der Waals surface area (Å²) in [6, 6.07) is 20.6. The van der Waals surface area contributed by atoms with Gasteiger partial charge in [0.25, 0.3) is 11.2 Å². The van der Waals surface area contributed by atoms with Gasteiger partial charge < -0.3 is 4.57 Å². The number of carbonyl (C=O) groups excluding carboxylic acids is 1. The minimum absolute atomic E-state index is 0.0483. The lowest BCUT2D eigenvalue weighted by Crippen LogP contribution is -2.31. The molecule has 0 atom stereocenters. The lowest BCUT2D eigenvalue weighted by Gasteiger charge is -2.13. The average Bonchev–Trinajstić information content (AvgIpc) is 2.84. The van der Waals surface area contributed by atoms with Gasteiger partial charge in [-0.25, -0.2) is 4.98 Å². The first-order valence-corrected chi connectivity index (χ1v) is 10.8. The fraction of sp³-hybridized carbons (Fsp3) is 0.125. The number of nitro groups is 1. The highest BCUT2D eigenvalue weighted by molar-refractivity contribution is 6.31. The number of carbonyl (C=O) groups is 1. The van der Waals surface area contributed by atoms with Crippen LogP contribution in [0.2, 0.25) is 5.02 Å². The van der Waals surface area contributed by atoms with Crippen molar-refractivity contribution in [2.75, 3.05) is 5.43 Å². The number of nitrogens with zero attached hydrogens (tertiary/aromatic N) is 3. The van der Waals surface area contributed by atoms with Gasteiger partial charge in [-0.3, -0.25) is 30.6 Å². The Morgan fingerprint density at radius 2 is 1.79 bits per heavy atom. The predicted octanol–water partition coefficient (Wildman–Crippen LogP) is 4.08. The van der Waals surface area contributed by atoms with Gasteiger partial charge in [-0.1, -0.05) is 54.1 Å². The van der Waals surface area contributed by atoms with E-state index in [9.17, 15) is 19.7 Å². The van der Waals surface area contributed by atoms with Crippen molar-refractivity contribution in [2.45, 2.75) is 19.4 Å². The molecule has 0 aliphatic heterocycles. The molecule has 0 fully saturated rings. The van der Waals surface area contributed by atoms with Crippen molar-refractivity contribution in [3.8, 4) is 0 Å². The number of rotatable bonds is 8. The second kappa shape index (κ2) is 10.1. The molecule has 1 aromatic heterocycles. The van der Waals surface area contributed by atoms with Gasteiger partial charge >= 0.3 is 0 Å². The van der Waals surface area contributed by atoms with Crippen LogP contribution in [0, 0.1) is 10.1 Å². The minimum Gasteiger partial charge on any atom is -0.301 e. The van der Waals surface area contributed by atoms with Crippen LogP contribution in [0.3, 0.4) is 0 Å². The molecule has 172 valence electrons. The van der Waals surface area contributed by atoms with E-state index in [0.29, 0.717) is 22.6 Å². The van der Waals surface area contributed by atoms with Gasteiger partial charge in [0, 0.05) is 23.9 Å². The van der Waals surface area contributed by atoms with Crippen LogP contribution in [0.25, 0.3) is 11.0 Å². The van der Waals surface area contributed by atoms with E-state index in [-0.39, 0.29) is 35.5 Å². The molecular formula is C24H20ClN5O4. The zero-order valence-electron chi connectivity index (χ0n) is 17.9. The number of halogens is 1. The minimum atomic E-state index is -0.548. The number of anilines is 1. The molecule has 0 aliphatic rings. The number of para-hydroxylation sites is 2. The second-order valence-corrected chi connectivity index (χ2v) is 7.95. The summed E-state index contributed by atoms with van der Waals surface area (Å²) in [7, 11) is 0. The Kier molecular flexibility index (Phi) is 6.84. The predicted molar refractivity (Wildman–Crippen MR) is 130 cm³/mol. The van der Waals surface area contributed by atoms with Gasteiger partial charge in [0.1, 0.15) is 11.4 Å². The van der Waals surface area contributed by atoms with Crippen LogP contribution < -0.4 is 16.4 Å². The lowest BCUT2D eigenvalue weighted by atomic mass is 10.2. The average molecular weight is 478 g/mol. The highest BCUT2D eigenvalue weighted by atomic mass is 35.5. The quantitative estimate of drug-likeness (QED) is 0.291. The van der Waals surface area contributed by atoms with E-state index >= 15 is 0 Å². The van der Waals surface area contributed by atoms with Crippen molar-refractivity contribution < 1.29 is 9.72 Å². The van der Waals surface area contributed by atoms with Crippen LogP contribution in [0.5, 0.6) is 0 Å². The molecule has 1 heterocycles. The van der Waals surface area contributed by atoms with Gasteiger partial charge in [0.15, 0.2) is 0 Å². The van der Waals surface area contributed by atoms with E-state index in [4.69, 9.17) is 11.6 Å². The van der Waals surface area contributed by atoms with Crippen molar-refractivity contribution in [3.63, 3.8) is 0 Å². The van der Waals surface area contributed by atoms with Crippen LogP contribution in [0.1, 0.15) is 17.7 Å². The van der Waals surface area contributed by atoms with E-state index in [1.165, 1.54) is 18.2 Å². The third-order valence-corrected chi connectivity index (χ3v) is 5.42. The topological polar surface area (TPSA) is 119 Å². The maximum Gasteiger partial charge on any atom is 0.294 e. The first-order valence-electron chi connectivity index (χ1n) is 10.4. The van der Waals surface area contributed by atoms with Crippen molar-refractivity contribution in [1.82, 2.24) is 15.0 Å². The van der Waals surface area contributed by atoms with E-state index in [1.54, 1.807) is 28.8 Å². The summed E-state index contributed by atoms with van der Waals surface area (Å²) >= 11 is 6.14. The van der Waals surface area contributed by atoms with Gasteiger partial charge in [0.05, 0.1) is 22.5 Å². The molecule has 3 aromatic carbocycles. The molecule has 0 bridgehead atoms. The van der Waals surface area contributed by atoms with Crippen LogP contribution >= 0.6 is 11.6 Å². The summed E-state index contributed by atoms with van der Waals surface area (Å²) in [5, 5.41) is 11.6. The van der Waals surface area contributed by atoms with Gasteiger partial charge in [-0.05, 0) is 29.8 Å². The number of hydrogen-bond donors (Lipinski definition) is 2. The normalized spacial score (nSPS) is 10.7. The number of aromatic nitrogens is 2. The van der Waals surface area contributed by atoms with Crippen LogP contribution in [0.15, 0.2) is 77.6 Å². The Morgan fingerprint density at radius 3 is 2.56 bits per heavy atom. The number of hydrogen-bond acceptors (Lipinski definition) is 6. The Labute approximate surface area is 199 Å². The summed E-state index contributed by atoms with van der Waals surface area (Å²) in [5.74, 6) is -0.444. The van der Waals surface area contributed by atoms with Gasteiger partial charge in [-0.15, -0.1) is 0 Å². The molecule has 34 heavy (non-hydrogen) atoms. The molecule has 0 aliphatic carbocycles. The highest BCUT2D eigenvalue weighted by Gasteiger charge is 2.15. The standard InChI is InChI=1S/C24H20ClN5O4/c25-17-10-12-21-20(14-17)26-19(24(32)29(21)15-16-6-2-1-3-7-16)11-13-23(31)28-27-18-8-4-5-9-22(18)30(33)34/h1-10,12,14,27H,11,13,15H2,(H,28,31). The summed E-state index contributed by atoms with van der Waals surface area (Å²) < 4.78 is 1.62. The number of nitro benzene ring substituents is 1. The van der Waals surface area contributed by atoms with Crippen LogP contribution in [0.4, 0.5) is 11.4 Å². The third kappa shape index (κ3) is 5.21. The van der Waals surface area contributed by atoms with Gasteiger partial charge in [0.2, 0.25) is 5.91 Å². The van der Waals surface area contributed by atoms with E-state index < -0.39 is 10.8 Å². The Balaban J connectivity index is 1.54. The Hall–Kier alpha value is -4.24. The van der Waals surface area contributed by atoms with Crippen molar-refractivity contribution >= 4 is 39.9 Å². The maximum atomic E-state index is 13.2. The summed E-state index contributed by atoms with van der Waals surface area (Å²) in [6.07, 6.45) is 0.0355. The van der Waals surface area contributed by atoms with E-state index in [0.717, 1.165) is 5.56 Å². The number of amides is 1. The molecule has 2 N–H and O–H groups in total. The molecule has 0 saturated heterocycles. The van der Waals surface area contributed by atoms with E-state index in [1.807, 2.05) is 30.3 Å². The molecule has 1 amide bonds. The molecule has 0 saturated carbocycles. The fourth-order valence-electron chi connectivity index (χ4n) is 3.53. The largest absolute Gasteiger partial charge is 0.301 e. The van der Waals surface area contributed by atoms with Crippen LogP contribution in [-0.4, -0.2) is 20.4 Å². The summed E-state index contributed by atoms with van der Waals surface area (Å²) in [6.45, 7) is 0.346. The molecule has 0 spiro atoms. The monoisotopic (exact) mass is 477 g/mol. The molecular weight excluding hydrogens is 458 g/mol. The maximum absolute atomic E-state index is 13.2. The van der Waals surface area contributed by atoms with Crippen LogP contribution in [-0.2, 0) is 17.8 Å². The zero-order valence-corrected chi connectivity index (χ0v) is 18.7. The molecule has 10 heteroatoms.